The summed E-state index contributed by atoms with van der Waals surface area (Å²) in [6, 6.07) is 13.7. The molecule has 0 saturated carbocycles. The summed E-state index contributed by atoms with van der Waals surface area (Å²) in [5.41, 5.74) is 1.86. The average Bonchev–Trinajstić information content (AvgIpc) is 2.60. The number of halogens is 1. The normalized spacial score (nSPS) is 11.9. The number of carbonyl (C=O) groups is 1. The van der Waals surface area contributed by atoms with E-state index < -0.39 is 12.1 Å². The number of rotatable bonds is 8. The van der Waals surface area contributed by atoms with Crippen LogP contribution in [-0.2, 0) is 4.79 Å². The van der Waals surface area contributed by atoms with Crippen molar-refractivity contribution < 1.29 is 19.0 Å². The van der Waals surface area contributed by atoms with Gasteiger partial charge in [-0.3, -0.25) is 0 Å². The predicted octanol–water partition coefficient (Wildman–Crippen LogP) is 5.27. The van der Waals surface area contributed by atoms with Gasteiger partial charge in [-0.25, -0.2) is 9.18 Å². The van der Waals surface area contributed by atoms with Crippen molar-refractivity contribution in [3.63, 3.8) is 0 Å². The van der Waals surface area contributed by atoms with Gasteiger partial charge in [-0.15, -0.1) is 0 Å². The number of phenolic OH excluding ortho intramolecular Hbond substituents is 1. The first-order valence-corrected chi connectivity index (χ1v) is 8.35. The Morgan fingerprint density at radius 3 is 2.17 bits per heavy atom. The van der Waals surface area contributed by atoms with E-state index in [0.717, 1.165) is 30.4 Å². The van der Waals surface area contributed by atoms with Gasteiger partial charge in [0.2, 0.25) is 0 Å². The molecule has 1 atom stereocenters. The highest BCUT2D eigenvalue weighted by Crippen LogP contribution is 2.24. The highest BCUT2D eigenvalue weighted by atomic mass is 19.1. The second-order valence-electron chi connectivity index (χ2n) is 5.81. The molecule has 24 heavy (non-hydrogen) atoms. The number of benzene rings is 2. The molecule has 4 heteroatoms. The van der Waals surface area contributed by atoms with E-state index in [4.69, 9.17) is 4.74 Å². The average molecular weight is 330 g/mol. The van der Waals surface area contributed by atoms with Gasteiger partial charge in [0.1, 0.15) is 11.5 Å². The summed E-state index contributed by atoms with van der Waals surface area (Å²) in [4.78, 5) is 11.7. The number of hydrogen-bond acceptors (Lipinski definition) is 3. The maximum absolute atomic E-state index is 13.8. The van der Waals surface area contributed by atoms with Gasteiger partial charge in [-0.1, -0.05) is 50.5 Å². The van der Waals surface area contributed by atoms with Crippen LogP contribution in [0.15, 0.2) is 48.5 Å². The van der Waals surface area contributed by atoms with Crippen molar-refractivity contribution in [2.24, 2.45) is 0 Å². The highest BCUT2D eigenvalue weighted by molar-refractivity contribution is 5.77. The second-order valence-corrected chi connectivity index (χ2v) is 5.81. The molecule has 0 aliphatic carbocycles. The Bertz CT molecular complexity index is 635. The minimum absolute atomic E-state index is 0.206. The minimum atomic E-state index is -1.57. The van der Waals surface area contributed by atoms with Crippen LogP contribution in [0.25, 0.3) is 11.1 Å². The maximum atomic E-state index is 13.8. The molecule has 3 nitrogen and oxygen atoms in total. The highest BCUT2D eigenvalue weighted by Gasteiger charge is 2.19. The number of phenols is 1. The van der Waals surface area contributed by atoms with Crippen molar-refractivity contribution in [1.29, 1.82) is 0 Å². The molecule has 0 aromatic heterocycles. The van der Waals surface area contributed by atoms with Crippen molar-refractivity contribution in [3.8, 4) is 22.6 Å². The molecule has 0 amide bonds. The van der Waals surface area contributed by atoms with Crippen molar-refractivity contribution >= 4 is 5.97 Å². The molecule has 1 N–H and O–H groups in total. The Labute approximate surface area is 142 Å². The number of esters is 1. The molecule has 0 aliphatic rings. The summed E-state index contributed by atoms with van der Waals surface area (Å²) in [5, 5.41) is 9.30. The van der Waals surface area contributed by atoms with Crippen LogP contribution in [0.1, 0.15) is 39.0 Å². The Morgan fingerprint density at radius 2 is 1.58 bits per heavy atom. The molecule has 0 aliphatic heterocycles. The minimum Gasteiger partial charge on any atom is -0.508 e. The molecule has 0 fully saturated rings. The van der Waals surface area contributed by atoms with E-state index in [1.165, 1.54) is 0 Å². The first-order chi connectivity index (χ1) is 11.6. The molecule has 0 saturated heterocycles. The van der Waals surface area contributed by atoms with E-state index in [1.807, 2.05) is 0 Å². The molecular weight excluding hydrogens is 307 g/mol. The molecule has 0 radical (unpaired) electrons. The van der Waals surface area contributed by atoms with E-state index in [-0.39, 0.29) is 12.2 Å². The first kappa shape index (κ1) is 18.0. The van der Waals surface area contributed by atoms with Crippen LogP contribution < -0.4 is 4.74 Å². The Kier molecular flexibility index (Phi) is 6.79. The zero-order chi connectivity index (χ0) is 17.4. The van der Waals surface area contributed by atoms with E-state index in [1.54, 1.807) is 48.5 Å². The van der Waals surface area contributed by atoms with Crippen LogP contribution in [0.4, 0.5) is 4.39 Å². The monoisotopic (exact) mass is 330 g/mol. The lowest BCUT2D eigenvalue weighted by atomic mass is 10.1. The van der Waals surface area contributed by atoms with Crippen LogP contribution >= 0.6 is 0 Å². The molecule has 0 spiro atoms. The van der Waals surface area contributed by atoms with E-state index in [9.17, 15) is 14.3 Å². The Balaban J connectivity index is 1.89. The van der Waals surface area contributed by atoms with Gasteiger partial charge in [0.15, 0.2) is 6.17 Å². The van der Waals surface area contributed by atoms with Crippen LogP contribution in [0.2, 0.25) is 0 Å². The third kappa shape index (κ3) is 5.37. The summed E-state index contributed by atoms with van der Waals surface area (Å²) < 4.78 is 18.9. The molecule has 2 aromatic carbocycles. The second kappa shape index (κ2) is 9.06. The molecular formula is C20H23FO3. The maximum Gasteiger partial charge on any atom is 0.346 e. The van der Waals surface area contributed by atoms with E-state index in [0.29, 0.717) is 12.2 Å². The third-order valence-corrected chi connectivity index (χ3v) is 3.84. The van der Waals surface area contributed by atoms with Gasteiger partial charge < -0.3 is 9.84 Å². The van der Waals surface area contributed by atoms with Gasteiger partial charge >= 0.3 is 5.97 Å². The number of unbranched alkanes of at least 4 members (excludes halogenated alkanes) is 3. The third-order valence-electron chi connectivity index (χ3n) is 3.84. The van der Waals surface area contributed by atoms with Crippen molar-refractivity contribution in [1.82, 2.24) is 0 Å². The van der Waals surface area contributed by atoms with Gasteiger partial charge in [0, 0.05) is 0 Å². The smallest absolute Gasteiger partial charge is 0.346 e. The fraction of sp³-hybridized carbons (Fsp3) is 0.350. The van der Waals surface area contributed by atoms with Crippen LogP contribution in [-0.4, -0.2) is 17.2 Å². The zero-order valence-electron chi connectivity index (χ0n) is 13.9. The molecule has 0 unspecified atom stereocenters. The lowest BCUT2D eigenvalue weighted by Gasteiger charge is -2.09. The van der Waals surface area contributed by atoms with Gasteiger partial charge in [0.05, 0.1) is 0 Å². The standard InChI is InChI=1S/C20H23FO3/c1-2-3-4-5-6-19(21)20(23)24-18-13-9-16(10-14-18)15-7-11-17(22)12-8-15/h7-14,19,22H,2-6H2,1H3/t19-/m0/s1. The molecule has 2 aromatic rings. The van der Waals surface area contributed by atoms with Gasteiger partial charge in [0.25, 0.3) is 0 Å². The molecule has 0 bridgehead atoms. The van der Waals surface area contributed by atoms with Crippen LogP contribution in [0.3, 0.4) is 0 Å². The van der Waals surface area contributed by atoms with Crippen molar-refractivity contribution in [3.05, 3.63) is 48.5 Å². The fourth-order valence-corrected chi connectivity index (χ4v) is 2.42. The van der Waals surface area contributed by atoms with Crippen molar-refractivity contribution in [2.45, 2.75) is 45.2 Å². The Morgan fingerprint density at radius 1 is 1.00 bits per heavy atom. The predicted molar refractivity (Wildman–Crippen MR) is 92.8 cm³/mol. The molecule has 0 heterocycles. The number of carbonyl (C=O) groups excluding carboxylic acids is 1. The lowest BCUT2D eigenvalue weighted by Crippen LogP contribution is -2.21. The lowest BCUT2D eigenvalue weighted by molar-refractivity contribution is -0.140. The molecule has 2 rings (SSSR count). The quantitative estimate of drug-likeness (QED) is 0.407. The van der Waals surface area contributed by atoms with Gasteiger partial charge in [-0.2, -0.15) is 0 Å². The first-order valence-electron chi connectivity index (χ1n) is 8.35. The fourth-order valence-electron chi connectivity index (χ4n) is 2.42. The van der Waals surface area contributed by atoms with Crippen LogP contribution in [0.5, 0.6) is 11.5 Å². The van der Waals surface area contributed by atoms with E-state index >= 15 is 0 Å². The largest absolute Gasteiger partial charge is 0.508 e. The Hall–Kier alpha value is -2.36. The van der Waals surface area contributed by atoms with Crippen LogP contribution in [0, 0.1) is 0 Å². The van der Waals surface area contributed by atoms with E-state index in [2.05, 4.69) is 6.92 Å². The SMILES string of the molecule is CCCCCC[C@H](F)C(=O)Oc1ccc(-c2ccc(O)cc2)cc1. The summed E-state index contributed by atoms with van der Waals surface area (Å²) in [6.07, 6.45) is 2.41. The number of aromatic hydroxyl groups is 1. The zero-order valence-corrected chi connectivity index (χ0v) is 13.9. The summed E-state index contributed by atoms with van der Waals surface area (Å²) in [5.74, 6) is -0.292. The van der Waals surface area contributed by atoms with Gasteiger partial charge in [-0.05, 0) is 48.2 Å². The number of alkyl halides is 1. The topological polar surface area (TPSA) is 46.5 Å². The number of hydrogen-bond donors (Lipinski definition) is 1. The summed E-state index contributed by atoms with van der Waals surface area (Å²) in [6.45, 7) is 2.09. The summed E-state index contributed by atoms with van der Waals surface area (Å²) >= 11 is 0. The van der Waals surface area contributed by atoms with Crippen molar-refractivity contribution in [2.75, 3.05) is 0 Å². The summed E-state index contributed by atoms with van der Waals surface area (Å²) in [7, 11) is 0. The number of ether oxygens (including phenoxy) is 1. The molecule has 128 valence electrons.